The average molecular weight is 392 g/mol. The molecule has 2 aliphatic rings. The number of carbonyl (C=O) groups excluding carboxylic acids is 1. The van der Waals surface area contributed by atoms with E-state index in [1.807, 2.05) is 4.90 Å². The fraction of sp³-hybridized carbons (Fsp3) is 0.611. The van der Waals surface area contributed by atoms with Crippen LogP contribution in [0.5, 0.6) is 0 Å². The second-order valence-electron chi connectivity index (χ2n) is 6.88. The van der Waals surface area contributed by atoms with Crippen LogP contribution in [-0.4, -0.2) is 43.0 Å². The van der Waals surface area contributed by atoms with Crippen molar-refractivity contribution in [3.63, 3.8) is 0 Å². The van der Waals surface area contributed by atoms with Gasteiger partial charge in [-0.1, -0.05) is 6.92 Å². The van der Waals surface area contributed by atoms with Crippen LogP contribution in [0.25, 0.3) is 0 Å². The van der Waals surface area contributed by atoms with Crippen LogP contribution in [-0.2, 0) is 0 Å². The molecular formula is C18H28Cl2FN3O. The Morgan fingerprint density at radius 3 is 2.52 bits per heavy atom. The molecule has 25 heavy (non-hydrogen) atoms. The van der Waals surface area contributed by atoms with E-state index in [1.165, 1.54) is 6.07 Å². The summed E-state index contributed by atoms with van der Waals surface area (Å²) in [5, 5.41) is 0. The van der Waals surface area contributed by atoms with Gasteiger partial charge in [-0.05, 0) is 49.8 Å². The van der Waals surface area contributed by atoms with Crippen LogP contribution in [0.1, 0.15) is 43.0 Å². The number of carbonyl (C=O) groups is 1. The predicted molar refractivity (Wildman–Crippen MR) is 105 cm³/mol. The number of anilines is 1. The van der Waals surface area contributed by atoms with Gasteiger partial charge < -0.3 is 15.5 Å². The van der Waals surface area contributed by atoms with E-state index in [-0.39, 0.29) is 42.6 Å². The highest BCUT2D eigenvalue weighted by molar-refractivity contribution is 5.95. The zero-order valence-corrected chi connectivity index (χ0v) is 16.3. The Balaban J connectivity index is 0.00000156. The standard InChI is InChI=1S/C18H26FN3O.2ClH/c1-13-6-9-22(15(10-13)12-20)18(23)14-4-5-17(16(19)11-14)21-7-2-3-8-21;;/h4-5,11,13,15H,2-3,6-10,12,20H2,1H3;2*1H. The van der Waals surface area contributed by atoms with Crippen LogP contribution in [0, 0.1) is 11.7 Å². The molecule has 2 saturated heterocycles. The second-order valence-corrected chi connectivity index (χ2v) is 6.88. The van der Waals surface area contributed by atoms with Gasteiger partial charge in [-0.25, -0.2) is 4.39 Å². The first-order chi connectivity index (χ1) is 11.1. The maximum Gasteiger partial charge on any atom is 0.254 e. The molecule has 1 aromatic carbocycles. The van der Waals surface area contributed by atoms with Gasteiger partial charge >= 0.3 is 0 Å². The van der Waals surface area contributed by atoms with Crippen LogP contribution in [0.2, 0.25) is 0 Å². The minimum Gasteiger partial charge on any atom is -0.369 e. The molecule has 4 nitrogen and oxygen atoms in total. The number of nitrogens with zero attached hydrogens (tertiary/aromatic N) is 2. The largest absolute Gasteiger partial charge is 0.369 e. The third-order valence-electron chi connectivity index (χ3n) is 5.15. The Bertz CT molecular complexity index is 581. The SMILES string of the molecule is CC1CCN(C(=O)c2ccc(N3CCCC3)c(F)c2)C(CN)C1.Cl.Cl. The lowest BCUT2D eigenvalue weighted by Gasteiger charge is -2.38. The van der Waals surface area contributed by atoms with E-state index in [4.69, 9.17) is 5.73 Å². The lowest BCUT2D eigenvalue weighted by molar-refractivity contribution is 0.0573. The lowest BCUT2D eigenvalue weighted by atomic mass is 9.92. The number of rotatable bonds is 3. The third-order valence-corrected chi connectivity index (χ3v) is 5.15. The van der Waals surface area contributed by atoms with Crippen molar-refractivity contribution in [2.45, 2.75) is 38.6 Å². The quantitative estimate of drug-likeness (QED) is 0.857. The summed E-state index contributed by atoms with van der Waals surface area (Å²) in [6.07, 6.45) is 4.11. The van der Waals surface area contributed by atoms with Crippen LogP contribution < -0.4 is 10.6 Å². The molecule has 3 rings (SSSR count). The molecule has 2 fully saturated rings. The summed E-state index contributed by atoms with van der Waals surface area (Å²) >= 11 is 0. The molecule has 2 heterocycles. The molecular weight excluding hydrogens is 364 g/mol. The molecule has 0 spiro atoms. The Hall–Kier alpha value is -1.04. The summed E-state index contributed by atoms with van der Waals surface area (Å²) in [6, 6.07) is 4.96. The smallest absolute Gasteiger partial charge is 0.254 e. The summed E-state index contributed by atoms with van der Waals surface area (Å²) < 4.78 is 14.4. The van der Waals surface area contributed by atoms with Gasteiger partial charge in [0.1, 0.15) is 5.82 Å². The van der Waals surface area contributed by atoms with Gasteiger partial charge in [-0.2, -0.15) is 0 Å². The molecule has 0 aliphatic carbocycles. The molecule has 0 saturated carbocycles. The van der Waals surface area contributed by atoms with E-state index >= 15 is 0 Å². The fourth-order valence-electron chi connectivity index (χ4n) is 3.76. The lowest BCUT2D eigenvalue weighted by Crippen LogP contribution is -2.49. The van der Waals surface area contributed by atoms with Crippen molar-refractivity contribution >= 4 is 36.4 Å². The highest BCUT2D eigenvalue weighted by Crippen LogP contribution is 2.27. The van der Waals surface area contributed by atoms with Gasteiger partial charge in [-0.3, -0.25) is 4.79 Å². The van der Waals surface area contributed by atoms with E-state index in [0.29, 0.717) is 30.3 Å². The fourth-order valence-corrected chi connectivity index (χ4v) is 3.76. The van der Waals surface area contributed by atoms with Gasteiger partial charge in [0.2, 0.25) is 0 Å². The van der Waals surface area contributed by atoms with E-state index < -0.39 is 0 Å². The van der Waals surface area contributed by atoms with Gasteiger partial charge in [0.15, 0.2) is 0 Å². The topological polar surface area (TPSA) is 49.6 Å². The predicted octanol–water partition coefficient (Wildman–Crippen LogP) is 3.47. The van der Waals surface area contributed by atoms with E-state index in [0.717, 1.165) is 38.8 Å². The maximum absolute atomic E-state index is 14.4. The van der Waals surface area contributed by atoms with Gasteiger partial charge in [0.25, 0.3) is 5.91 Å². The van der Waals surface area contributed by atoms with Crippen molar-refractivity contribution in [1.82, 2.24) is 4.90 Å². The Labute approximate surface area is 161 Å². The summed E-state index contributed by atoms with van der Waals surface area (Å²) in [4.78, 5) is 16.6. The molecule has 7 heteroatoms. The number of piperidine rings is 1. The first-order valence-electron chi connectivity index (χ1n) is 8.65. The summed E-state index contributed by atoms with van der Waals surface area (Å²) in [6.45, 7) is 5.14. The minimum absolute atomic E-state index is 0. The Morgan fingerprint density at radius 2 is 1.92 bits per heavy atom. The van der Waals surface area contributed by atoms with Crippen molar-refractivity contribution in [3.05, 3.63) is 29.6 Å². The van der Waals surface area contributed by atoms with Gasteiger partial charge in [-0.15, -0.1) is 24.8 Å². The van der Waals surface area contributed by atoms with Crippen LogP contribution in [0.4, 0.5) is 10.1 Å². The number of hydrogen-bond donors (Lipinski definition) is 1. The molecule has 0 aromatic heterocycles. The van der Waals surface area contributed by atoms with E-state index in [2.05, 4.69) is 11.8 Å². The van der Waals surface area contributed by atoms with Crippen molar-refractivity contribution in [1.29, 1.82) is 0 Å². The molecule has 1 aromatic rings. The molecule has 142 valence electrons. The Morgan fingerprint density at radius 1 is 1.24 bits per heavy atom. The summed E-state index contributed by atoms with van der Waals surface area (Å²) in [5.74, 6) is 0.188. The van der Waals surface area contributed by atoms with Crippen molar-refractivity contribution in [2.24, 2.45) is 11.7 Å². The maximum atomic E-state index is 14.4. The molecule has 2 atom stereocenters. The van der Waals surface area contributed by atoms with Crippen LogP contribution >= 0.6 is 24.8 Å². The molecule has 0 bridgehead atoms. The minimum atomic E-state index is -0.299. The monoisotopic (exact) mass is 391 g/mol. The highest BCUT2D eigenvalue weighted by Gasteiger charge is 2.30. The van der Waals surface area contributed by atoms with Crippen molar-refractivity contribution < 1.29 is 9.18 Å². The molecule has 2 N–H and O–H groups in total. The van der Waals surface area contributed by atoms with Crippen LogP contribution in [0.3, 0.4) is 0 Å². The zero-order chi connectivity index (χ0) is 16.4. The van der Waals surface area contributed by atoms with Crippen LogP contribution in [0.15, 0.2) is 18.2 Å². The average Bonchev–Trinajstić information content (AvgIpc) is 3.08. The number of likely N-dealkylation sites (tertiary alicyclic amines) is 1. The van der Waals surface area contributed by atoms with E-state index in [1.54, 1.807) is 12.1 Å². The number of benzene rings is 1. The number of hydrogen-bond acceptors (Lipinski definition) is 3. The first kappa shape index (κ1) is 22.0. The third kappa shape index (κ3) is 4.78. The first-order valence-corrected chi connectivity index (χ1v) is 8.65. The van der Waals surface area contributed by atoms with E-state index in [9.17, 15) is 9.18 Å². The normalized spacial score (nSPS) is 23.0. The highest BCUT2D eigenvalue weighted by atomic mass is 35.5. The molecule has 1 amide bonds. The van der Waals surface area contributed by atoms with Gasteiger partial charge in [0.05, 0.1) is 5.69 Å². The van der Waals surface area contributed by atoms with Crippen molar-refractivity contribution in [3.8, 4) is 0 Å². The molecule has 2 unspecified atom stereocenters. The number of halogens is 3. The zero-order valence-electron chi connectivity index (χ0n) is 14.6. The second kappa shape index (κ2) is 9.60. The number of nitrogens with two attached hydrogens (primary N) is 1. The molecule has 0 radical (unpaired) electrons. The van der Waals surface area contributed by atoms with Gasteiger partial charge in [0, 0.05) is 37.8 Å². The number of amides is 1. The van der Waals surface area contributed by atoms with Crippen molar-refractivity contribution in [2.75, 3.05) is 31.1 Å². The summed E-state index contributed by atoms with van der Waals surface area (Å²) in [5.41, 5.74) is 6.88. The Kier molecular flexibility index (Phi) is 8.45. The summed E-state index contributed by atoms with van der Waals surface area (Å²) in [7, 11) is 0. The molecule has 2 aliphatic heterocycles.